The summed E-state index contributed by atoms with van der Waals surface area (Å²) in [5.41, 5.74) is 4.34. The van der Waals surface area contributed by atoms with Crippen molar-refractivity contribution in [1.29, 1.82) is 0 Å². The lowest BCUT2D eigenvalue weighted by atomic mass is 10.1. The van der Waals surface area contributed by atoms with E-state index in [2.05, 4.69) is 51.1 Å². The van der Waals surface area contributed by atoms with Crippen molar-refractivity contribution in [2.75, 3.05) is 0 Å². The zero-order chi connectivity index (χ0) is 13.9. The molecule has 20 heavy (non-hydrogen) atoms. The topological polar surface area (TPSA) is 51.6 Å². The molecule has 0 spiro atoms. The molecule has 2 heterocycles. The molecule has 0 fully saturated rings. The Morgan fingerprint density at radius 1 is 0.550 bits per heavy atom. The van der Waals surface area contributed by atoms with Gasteiger partial charge in [0.1, 0.15) is 0 Å². The first-order valence-electron chi connectivity index (χ1n) is 6.40. The lowest BCUT2D eigenvalue weighted by Gasteiger charge is -2.03. The highest BCUT2D eigenvalue weighted by Gasteiger charge is 2.05. The number of hydrogen-bond donors (Lipinski definition) is 0. The van der Waals surface area contributed by atoms with Gasteiger partial charge in [-0.25, -0.2) is 19.9 Å². The quantitative estimate of drug-likeness (QED) is 0.711. The van der Waals surface area contributed by atoms with Crippen molar-refractivity contribution in [1.82, 2.24) is 19.9 Å². The number of aromatic nitrogens is 4. The molecule has 98 valence electrons. The van der Waals surface area contributed by atoms with Crippen LogP contribution < -0.4 is 0 Å². The Morgan fingerprint density at radius 3 is 1.60 bits per heavy atom. The second-order valence-electron chi connectivity index (χ2n) is 4.75. The van der Waals surface area contributed by atoms with Crippen LogP contribution in [0.1, 0.15) is 11.1 Å². The Bertz CT molecular complexity index is 636. The maximum absolute atomic E-state index is 4.34. The molecule has 2 aromatic heterocycles. The molecule has 0 bridgehead atoms. The molecule has 3 rings (SSSR count). The van der Waals surface area contributed by atoms with Crippen molar-refractivity contribution in [3.63, 3.8) is 0 Å². The zero-order valence-corrected chi connectivity index (χ0v) is 11.4. The van der Waals surface area contributed by atoms with Gasteiger partial charge in [0.15, 0.2) is 11.6 Å². The van der Waals surface area contributed by atoms with Crippen molar-refractivity contribution in [2.24, 2.45) is 0 Å². The van der Waals surface area contributed by atoms with Crippen LogP contribution >= 0.6 is 0 Å². The number of aryl methyl sites for hydroxylation is 2. The SMILES string of the molecule is Cc1ccc(-c2cnc(-c3ncc(C)cn3)nc2)cc1. The summed E-state index contributed by atoms with van der Waals surface area (Å²) in [5, 5.41) is 0. The lowest BCUT2D eigenvalue weighted by molar-refractivity contribution is 1.06. The van der Waals surface area contributed by atoms with Crippen LogP contribution in [0.25, 0.3) is 22.8 Å². The molecule has 0 aliphatic rings. The minimum atomic E-state index is 0.542. The summed E-state index contributed by atoms with van der Waals surface area (Å²) in [6.07, 6.45) is 7.13. The lowest BCUT2D eigenvalue weighted by Crippen LogP contribution is -1.95. The van der Waals surface area contributed by atoms with Gasteiger partial charge in [-0.1, -0.05) is 29.8 Å². The van der Waals surface area contributed by atoms with Gasteiger partial charge in [-0.3, -0.25) is 0 Å². The van der Waals surface area contributed by atoms with Crippen LogP contribution in [0.2, 0.25) is 0 Å². The third-order valence-electron chi connectivity index (χ3n) is 3.02. The first-order chi connectivity index (χ1) is 9.72. The van der Waals surface area contributed by atoms with Crippen molar-refractivity contribution in [3.05, 3.63) is 60.2 Å². The maximum Gasteiger partial charge on any atom is 0.197 e. The van der Waals surface area contributed by atoms with Crippen LogP contribution in [0.3, 0.4) is 0 Å². The average Bonchev–Trinajstić information content (AvgIpc) is 2.49. The summed E-state index contributed by atoms with van der Waals surface area (Å²) in [5.74, 6) is 1.09. The molecule has 3 aromatic rings. The predicted molar refractivity (Wildman–Crippen MR) is 78.0 cm³/mol. The number of nitrogens with zero attached hydrogens (tertiary/aromatic N) is 4. The molecule has 0 aliphatic heterocycles. The largest absolute Gasteiger partial charge is 0.234 e. The van der Waals surface area contributed by atoms with Crippen LogP contribution in [0.5, 0.6) is 0 Å². The summed E-state index contributed by atoms with van der Waals surface area (Å²) in [6.45, 7) is 4.02. The molecule has 0 N–H and O–H groups in total. The number of hydrogen-bond acceptors (Lipinski definition) is 4. The van der Waals surface area contributed by atoms with Crippen molar-refractivity contribution in [2.45, 2.75) is 13.8 Å². The fourth-order valence-corrected chi connectivity index (χ4v) is 1.85. The van der Waals surface area contributed by atoms with E-state index in [1.165, 1.54) is 5.56 Å². The molecule has 4 nitrogen and oxygen atoms in total. The molecule has 0 saturated carbocycles. The number of rotatable bonds is 2. The molecule has 0 unspecified atom stereocenters. The molecule has 4 heteroatoms. The minimum absolute atomic E-state index is 0.542. The molecule has 0 aliphatic carbocycles. The molecule has 0 amide bonds. The molecular formula is C16H14N4. The van der Waals surface area contributed by atoms with Gasteiger partial charge in [0, 0.05) is 30.4 Å². The predicted octanol–water partition coefficient (Wildman–Crippen LogP) is 3.22. The van der Waals surface area contributed by atoms with Crippen LogP contribution in [-0.4, -0.2) is 19.9 Å². The Morgan fingerprint density at radius 2 is 1.05 bits per heavy atom. The maximum atomic E-state index is 4.34. The molecule has 0 radical (unpaired) electrons. The Balaban J connectivity index is 1.91. The highest BCUT2D eigenvalue weighted by atomic mass is 15.0. The summed E-state index contributed by atoms with van der Waals surface area (Å²) in [6, 6.07) is 8.28. The molecule has 1 aromatic carbocycles. The van der Waals surface area contributed by atoms with Gasteiger partial charge < -0.3 is 0 Å². The van der Waals surface area contributed by atoms with Crippen LogP contribution in [0.4, 0.5) is 0 Å². The average molecular weight is 262 g/mol. The Labute approximate surface area is 117 Å². The minimum Gasteiger partial charge on any atom is -0.234 e. The monoisotopic (exact) mass is 262 g/mol. The van der Waals surface area contributed by atoms with Crippen molar-refractivity contribution in [3.8, 4) is 22.8 Å². The van der Waals surface area contributed by atoms with Gasteiger partial charge in [-0.15, -0.1) is 0 Å². The third-order valence-corrected chi connectivity index (χ3v) is 3.02. The second kappa shape index (κ2) is 5.17. The van der Waals surface area contributed by atoms with E-state index in [0.29, 0.717) is 11.6 Å². The second-order valence-corrected chi connectivity index (χ2v) is 4.75. The summed E-state index contributed by atoms with van der Waals surface area (Å²) < 4.78 is 0. The van der Waals surface area contributed by atoms with Gasteiger partial charge in [0.2, 0.25) is 0 Å². The standard InChI is InChI=1S/C16H14N4/c1-11-3-5-13(6-4-11)14-9-19-16(20-10-14)15-17-7-12(2)8-18-15/h3-10H,1-2H3. The first-order valence-corrected chi connectivity index (χ1v) is 6.40. The van der Waals surface area contributed by atoms with Crippen LogP contribution in [-0.2, 0) is 0 Å². The van der Waals surface area contributed by atoms with E-state index in [9.17, 15) is 0 Å². The van der Waals surface area contributed by atoms with Crippen molar-refractivity contribution < 1.29 is 0 Å². The highest BCUT2D eigenvalue weighted by molar-refractivity contribution is 5.62. The van der Waals surface area contributed by atoms with Gasteiger partial charge in [0.25, 0.3) is 0 Å². The van der Waals surface area contributed by atoms with E-state index < -0.39 is 0 Å². The fourth-order valence-electron chi connectivity index (χ4n) is 1.85. The zero-order valence-electron chi connectivity index (χ0n) is 11.4. The van der Waals surface area contributed by atoms with E-state index in [1.807, 2.05) is 6.92 Å². The van der Waals surface area contributed by atoms with E-state index >= 15 is 0 Å². The van der Waals surface area contributed by atoms with E-state index in [4.69, 9.17) is 0 Å². The van der Waals surface area contributed by atoms with E-state index in [0.717, 1.165) is 16.7 Å². The van der Waals surface area contributed by atoms with Gasteiger partial charge in [-0.05, 0) is 25.0 Å². The van der Waals surface area contributed by atoms with Crippen molar-refractivity contribution >= 4 is 0 Å². The fraction of sp³-hybridized carbons (Fsp3) is 0.125. The third kappa shape index (κ3) is 2.54. The molecule has 0 atom stereocenters. The Hall–Kier alpha value is -2.62. The van der Waals surface area contributed by atoms with Gasteiger partial charge in [0.05, 0.1) is 0 Å². The van der Waals surface area contributed by atoms with Crippen LogP contribution in [0.15, 0.2) is 49.1 Å². The normalized spacial score (nSPS) is 10.5. The Kier molecular flexibility index (Phi) is 3.21. The summed E-state index contributed by atoms with van der Waals surface area (Å²) >= 11 is 0. The van der Waals surface area contributed by atoms with Crippen LogP contribution in [0, 0.1) is 13.8 Å². The smallest absolute Gasteiger partial charge is 0.197 e. The summed E-state index contributed by atoms with van der Waals surface area (Å²) in [4.78, 5) is 17.1. The molecular weight excluding hydrogens is 248 g/mol. The van der Waals surface area contributed by atoms with Gasteiger partial charge in [-0.2, -0.15) is 0 Å². The first kappa shape index (κ1) is 12.4. The number of benzene rings is 1. The molecule has 0 saturated heterocycles. The van der Waals surface area contributed by atoms with E-state index in [-0.39, 0.29) is 0 Å². The summed E-state index contributed by atoms with van der Waals surface area (Å²) in [7, 11) is 0. The highest BCUT2D eigenvalue weighted by Crippen LogP contribution is 2.19. The van der Waals surface area contributed by atoms with Gasteiger partial charge >= 0.3 is 0 Å². The van der Waals surface area contributed by atoms with E-state index in [1.54, 1.807) is 24.8 Å².